The van der Waals surface area contributed by atoms with Crippen LogP contribution in [0.4, 0.5) is 0 Å². The first-order valence-electron chi connectivity index (χ1n) is 5.75. The summed E-state index contributed by atoms with van der Waals surface area (Å²) in [4.78, 5) is 5.60. The Labute approximate surface area is 108 Å². The highest BCUT2D eigenvalue weighted by molar-refractivity contribution is 7.22. The third kappa shape index (κ3) is 1.45. The quantitative estimate of drug-likeness (QED) is 0.489. The highest BCUT2D eigenvalue weighted by Crippen LogP contribution is 2.34. The zero-order valence-corrected chi connectivity index (χ0v) is 10.3. The van der Waals surface area contributed by atoms with Gasteiger partial charge in [-0.2, -0.15) is 0 Å². The van der Waals surface area contributed by atoms with Crippen molar-refractivity contribution in [1.29, 1.82) is 0 Å². The zero-order chi connectivity index (χ0) is 11.9. The Bertz CT molecular complexity index is 706. The summed E-state index contributed by atoms with van der Waals surface area (Å²) in [5.74, 6) is 0.706. The highest BCUT2D eigenvalue weighted by Gasteiger charge is 2.10. The van der Waals surface area contributed by atoms with Crippen molar-refractivity contribution in [2.24, 2.45) is 0 Å². The number of hydrogen-bond acceptors (Lipinski definition) is 3. The molecule has 0 atom stereocenters. The molecule has 0 fully saturated rings. The Morgan fingerprint density at radius 1 is 0.944 bits per heavy atom. The first kappa shape index (κ1) is 9.85. The topological polar surface area (TPSA) is 26.0 Å². The Morgan fingerprint density at radius 3 is 2.67 bits per heavy atom. The summed E-state index contributed by atoms with van der Waals surface area (Å²) in [7, 11) is 0. The minimum Gasteiger partial charge on any atom is -0.435 e. The molecule has 0 spiro atoms. The van der Waals surface area contributed by atoms with Crippen LogP contribution in [0, 0.1) is 0 Å². The lowest BCUT2D eigenvalue weighted by Gasteiger charge is -1.84. The van der Waals surface area contributed by atoms with E-state index in [1.165, 1.54) is 10.1 Å². The predicted molar refractivity (Wildman–Crippen MR) is 74.8 cm³/mol. The molecule has 0 saturated carbocycles. The van der Waals surface area contributed by atoms with Crippen molar-refractivity contribution < 1.29 is 4.42 Å². The average molecular weight is 251 g/mol. The number of nitrogens with zero attached hydrogens (tertiary/aromatic N) is 1. The fourth-order valence-corrected chi connectivity index (χ4v) is 3.05. The number of thiophene rings is 1. The van der Waals surface area contributed by atoms with E-state index in [-0.39, 0.29) is 0 Å². The normalized spacial score (nSPS) is 11.3. The van der Waals surface area contributed by atoms with Gasteiger partial charge in [-0.15, -0.1) is 11.3 Å². The van der Waals surface area contributed by atoms with E-state index >= 15 is 0 Å². The number of hydrogen-bond donors (Lipinski definition) is 0. The molecule has 0 radical (unpaired) electrons. The van der Waals surface area contributed by atoms with E-state index in [1.807, 2.05) is 30.3 Å². The Balaban J connectivity index is 1.95. The maximum Gasteiger partial charge on any atom is 0.237 e. The number of fused-ring (bicyclic) bond motifs is 2. The maximum absolute atomic E-state index is 5.78. The van der Waals surface area contributed by atoms with Crippen LogP contribution in [-0.4, -0.2) is 4.98 Å². The minimum absolute atomic E-state index is 0.706. The molecule has 0 aliphatic carbocycles. The second-order valence-electron chi connectivity index (χ2n) is 4.14. The molecular weight excluding hydrogens is 242 g/mol. The predicted octanol–water partition coefficient (Wildman–Crippen LogP) is 4.71. The van der Waals surface area contributed by atoms with Crippen LogP contribution in [0.3, 0.4) is 0 Å². The van der Waals surface area contributed by atoms with Gasteiger partial charge in [-0.05, 0) is 29.7 Å². The van der Waals surface area contributed by atoms with Gasteiger partial charge >= 0.3 is 0 Å². The summed E-state index contributed by atoms with van der Waals surface area (Å²) in [6.07, 6.45) is 0. The molecule has 2 heterocycles. The summed E-state index contributed by atoms with van der Waals surface area (Å²) in [5, 5.41) is 1.24. The molecule has 0 aliphatic heterocycles. The van der Waals surface area contributed by atoms with Gasteiger partial charge in [-0.3, -0.25) is 0 Å². The van der Waals surface area contributed by atoms with Crippen LogP contribution in [0.1, 0.15) is 0 Å². The van der Waals surface area contributed by atoms with E-state index in [4.69, 9.17) is 4.42 Å². The van der Waals surface area contributed by atoms with Gasteiger partial charge in [0.15, 0.2) is 5.58 Å². The number of rotatable bonds is 1. The Morgan fingerprint density at radius 2 is 1.78 bits per heavy atom. The SMILES string of the molecule is c1ccc2sc(-c3nc4ccccc4o3)cc2c1. The van der Waals surface area contributed by atoms with Gasteiger partial charge in [0.25, 0.3) is 0 Å². The molecule has 86 valence electrons. The van der Waals surface area contributed by atoms with Crippen LogP contribution in [0.2, 0.25) is 0 Å². The number of oxazole rings is 1. The molecule has 0 amide bonds. The molecular formula is C15H9NOS. The number of para-hydroxylation sites is 2. The molecule has 2 aromatic carbocycles. The number of benzene rings is 2. The third-order valence-electron chi connectivity index (χ3n) is 2.93. The molecule has 0 aliphatic rings. The molecule has 0 unspecified atom stereocenters. The molecule has 0 saturated heterocycles. The van der Waals surface area contributed by atoms with Gasteiger partial charge in [0, 0.05) is 4.70 Å². The lowest BCUT2D eigenvalue weighted by atomic mass is 10.2. The molecule has 4 aromatic rings. The molecule has 2 nitrogen and oxygen atoms in total. The van der Waals surface area contributed by atoms with Crippen LogP contribution < -0.4 is 0 Å². The van der Waals surface area contributed by atoms with Crippen LogP contribution in [0.15, 0.2) is 59.0 Å². The van der Waals surface area contributed by atoms with Crippen molar-refractivity contribution in [2.75, 3.05) is 0 Å². The van der Waals surface area contributed by atoms with Crippen molar-refractivity contribution in [3.8, 4) is 10.8 Å². The molecule has 3 heteroatoms. The van der Waals surface area contributed by atoms with Gasteiger partial charge in [0.05, 0.1) is 4.88 Å². The van der Waals surface area contributed by atoms with Crippen molar-refractivity contribution in [1.82, 2.24) is 4.98 Å². The summed E-state index contributed by atoms with van der Waals surface area (Å²) in [6, 6.07) is 18.3. The van der Waals surface area contributed by atoms with Crippen LogP contribution in [0.5, 0.6) is 0 Å². The Kier molecular flexibility index (Phi) is 2.02. The van der Waals surface area contributed by atoms with Gasteiger partial charge in [0.2, 0.25) is 5.89 Å². The minimum atomic E-state index is 0.706. The molecule has 4 rings (SSSR count). The van der Waals surface area contributed by atoms with Crippen molar-refractivity contribution in [2.45, 2.75) is 0 Å². The van der Waals surface area contributed by atoms with E-state index in [2.05, 4.69) is 29.2 Å². The van der Waals surface area contributed by atoms with Gasteiger partial charge in [-0.25, -0.2) is 4.98 Å². The van der Waals surface area contributed by atoms with Crippen LogP contribution in [0.25, 0.3) is 32.0 Å². The summed E-state index contributed by atoms with van der Waals surface area (Å²) in [6.45, 7) is 0. The van der Waals surface area contributed by atoms with Crippen LogP contribution in [-0.2, 0) is 0 Å². The van der Waals surface area contributed by atoms with E-state index in [0.29, 0.717) is 5.89 Å². The standard InChI is InChI=1S/C15H9NOS/c1-4-8-13-10(5-1)9-14(18-13)15-16-11-6-2-3-7-12(11)17-15/h1-9H. The molecule has 18 heavy (non-hydrogen) atoms. The zero-order valence-electron chi connectivity index (χ0n) is 9.46. The van der Waals surface area contributed by atoms with Crippen molar-refractivity contribution >= 4 is 32.5 Å². The van der Waals surface area contributed by atoms with Crippen molar-refractivity contribution in [3.05, 3.63) is 54.6 Å². The molecule has 0 N–H and O–H groups in total. The van der Waals surface area contributed by atoms with Gasteiger partial charge in [-0.1, -0.05) is 30.3 Å². The fourth-order valence-electron chi connectivity index (χ4n) is 2.06. The second kappa shape index (κ2) is 3.68. The third-order valence-corrected chi connectivity index (χ3v) is 4.03. The average Bonchev–Trinajstić information content (AvgIpc) is 3.02. The first-order valence-corrected chi connectivity index (χ1v) is 6.56. The van der Waals surface area contributed by atoms with Crippen molar-refractivity contribution in [3.63, 3.8) is 0 Å². The largest absolute Gasteiger partial charge is 0.435 e. The van der Waals surface area contributed by atoms with Gasteiger partial charge in [0.1, 0.15) is 5.52 Å². The fraction of sp³-hybridized carbons (Fsp3) is 0. The van der Waals surface area contributed by atoms with E-state index in [9.17, 15) is 0 Å². The lowest BCUT2D eigenvalue weighted by Crippen LogP contribution is -1.68. The summed E-state index contributed by atoms with van der Waals surface area (Å²) >= 11 is 1.71. The maximum atomic E-state index is 5.78. The second-order valence-corrected chi connectivity index (χ2v) is 5.22. The summed E-state index contributed by atoms with van der Waals surface area (Å²) < 4.78 is 7.04. The molecule has 0 bridgehead atoms. The molecule has 2 aromatic heterocycles. The van der Waals surface area contributed by atoms with E-state index in [1.54, 1.807) is 11.3 Å². The van der Waals surface area contributed by atoms with E-state index < -0.39 is 0 Å². The first-order chi connectivity index (χ1) is 8.90. The van der Waals surface area contributed by atoms with Gasteiger partial charge < -0.3 is 4.42 Å². The van der Waals surface area contributed by atoms with E-state index in [0.717, 1.165) is 16.0 Å². The Hall–Kier alpha value is -2.13. The van der Waals surface area contributed by atoms with Crippen LogP contribution >= 0.6 is 11.3 Å². The highest BCUT2D eigenvalue weighted by atomic mass is 32.1. The monoisotopic (exact) mass is 251 g/mol. The smallest absolute Gasteiger partial charge is 0.237 e. The number of aromatic nitrogens is 1. The lowest BCUT2D eigenvalue weighted by molar-refractivity contribution is 0.622. The summed E-state index contributed by atoms with van der Waals surface area (Å²) in [5.41, 5.74) is 1.75.